The van der Waals surface area contributed by atoms with Crippen molar-refractivity contribution < 1.29 is 9.18 Å². The minimum absolute atomic E-state index is 0.270. The van der Waals surface area contributed by atoms with Gasteiger partial charge < -0.3 is 5.32 Å². The van der Waals surface area contributed by atoms with Crippen molar-refractivity contribution in [1.82, 2.24) is 0 Å². The number of benzene rings is 2. The molecule has 0 unspecified atom stereocenters. The van der Waals surface area contributed by atoms with Gasteiger partial charge in [0.1, 0.15) is 5.82 Å². The topological polar surface area (TPSA) is 29.1 Å². The van der Waals surface area contributed by atoms with Crippen molar-refractivity contribution in [2.45, 2.75) is 108 Å². The average Bonchev–Trinajstić information content (AvgIpc) is 2.97. The minimum atomic E-state index is -0.362. The lowest BCUT2D eigenvalue weighted by molar-refractivity contribution is 0.102. The van der Waals surface area contributed by atoms with Gasteiger partial charge in [-0.05, 0) is 75.6 Å². The number of anilines is 1. The van der Waals surface area contributed by atoms with Crippen molar-refractivity contribution in [3.05, 3.63) is 108 Å². The van der Waals surface area contributed by atoms with E-state index in [4.69, 9.17) is 0 Å². The summed E-state index contributed by atoms with van der Waals surface area (Å²) in [7, 11) is 0. The van der Waals surface area contributed by atoms with Crippen LogP contribution in [0.15, 0.2) is 90.6 Å². The van der Waals surface area contributed by atoms with Gasteiger partial charge in [0.05, 0.1) is 0 Å². The number of unbranched alkanes of at least 4 members (excludes halogenated alkanes) is 2. The van der Waals surface area contributed by atoms with E-state index in [1.54, 1.807) is 0 Å². The van der Waals surface area contributed by atoms with Gasteiger partial charge in [0.15, 0.2) is 0 Å². The molecule has 1 N–H and O–H groups in total. The molecular weight excluding hydrogens is 493 g/mol. The Morgan fingerprint density at radius 2 is 1.25 bits per heavy atom. The SMILES string of the molecule is C=C(C)/C(C)=C\C=C(/C)CC.C=C(C)c1ccccc1NC(=O)c1ccc(F)cc1.CC.CCCC.CCCC. The van der Waals surface area contributed by atoms with Gasteiger partial charge in [-0.2, -0.15) is 0 Å². The molecule has 40 heavy (non-hydrogen) atoms. The normalized spacial score (nSPS) is 10.1. The Balaban J connectivity index is -0.000000551. The van der Waals surface area contributed by atoms with Crippen LogP contribution in [-0.4, -0.2) is 5.91 Å². The molecule has 0 radical (unpaired) electrons. The number of rotatable bonds is 8. The number of halogens is 1. The average molecular weight is 552 g/mol. The third kappa shape index (κ3) is 21.7. The van der Waals surface area contributed by atoms with Crippen molar-refractivity contribution >= 4 is 17.2 Å². The summed E-state index contributed by atoms with van der Waals surface area (Å²) in [6.07, 6.45) is 10.7. The molecule has 0 aliphatic carbocycles. The molecule has 0 aromatic heterocycles. The van der Waals surface area contributed by atoms with Crippen LogP contribution in [0.1, 0.15) is 124 Å². The summed E-state index contributed by atoms with van der Waals surface area (Å²) >= 11 is 0. The highest BCUT2D eigenvalue weighted by Gasteiger charge is 2.09. The van der Waals surface area contributed by atoms with Crippen molar-refractivity contribution in [2.24, 2.45) is 0 Å². The monoisotopic (exact) mass is 551 g/mol. The first kappa shape index (κ1) is 41.3. The molecule has 0 atom stereocenters. The van der Waals surface area contributed by atoms with E-state index in [2.05, 4.69) is 79.1 Å². The number of hydrogen-bond donors (Lipinski definition) is 1. The van der Waals surface area contributed by atoms with Crippen LogP contribution in [-0.2, 0) is 0 Å². The Kier molecular flexibility index (Phi) is 28.2. The maximum atomic E-state index is 12.8. The van der Waals surface area contributed by atoms with E-state index in [0.717, 1.165) is 23.1 Å². The third-order valence-corrected chi connectivity index (χ3v) is 5.59. The first-order chi connectivity index (χ1) is 19.0. The second-order valence-corrected chi connectivity index (χ2v) is 9.28. The van der Waals surface area contributed by atoms with Gasteiger partial charge in [-0.25, -0.2) is 4.39 Å². The molecule has 2 rings (SSSR count). The fraction of sp³-hybridized carbons (Fsp3) is 0.432. The van der Waals surface area contributed by atoms with Crippen LogP contribution in [0, 0.1) is 5.82 Å². The molecule has 0 aliphatic heterocycles. The summed E-state index contributed by atoms with van der Waals surface area (Å²) in [5.41, 5.74) is 6.68. The lowest BCUT2D eigenvalue weighted by Gasteiger charge is -2.10. The van der Waals surface area contributed by atoms with Crippen LogP contribution < -0.4 is 5.32 Å². The van der Waals surface area contributed by atoms with Crippen LogP contribution >= 0.6 is 0 Å². The van der Waals surface area contributed by atoms with Crippen LogP contribution in [0.2, 0.25) is 0 Å². The molecule has 2 aromatic carbocycles. The van der Waals surface area contributed by atoms with E-state index in [0.29, 0.717) is 11.3 Å². The summed E-state index contributed by atoms with van der Waals surface area (Å²) in [6.45, 7) is 30.8. The number of nitrogens with one attached hydrogen (secondary N) is 1. The largest absolute Gasteiger partial charge is 0.321 e. The lowest BCUT2D eigenvalue weighted by atomic mass is 10.1. The molecule has 2 nitrogen and oxygen atoms in total. The Labute approximate surface area is 247 Å². The molecule has 0 fully saturated rings. The standard InChI is InChI=1S/C16H14FNO.C11H18.2C4H10.C2H6/c1-11(2)14-5-3-4-6-15(14)18-16(19)12-7-9-13(17)10-8-12;1-6-10(4)7-8-11(5)9(2)3;2*1-3-4-2;1-2/h3-10H,1H2,2H3,(H,18,19);7-8H,2,6H2,1,3-5H3;2*3-4H2,1-2H3;1-2H3/b;10-7+,11-8-;;;. The number of carbonyl (C=O) groups is 1. The van der Waals surface area contributed by atoms with Crippen molar-refractivity contribution in [3.8, 4) is 0 Å². The van der Waals surface area contributed by atoms with Crippen LogP contribution in [0.5, 0.6) is 0 Å². The second-order valence-electron chi connectivity index (χ2n) is 9.28. The fourth-order valence-corrected chi connectivity index (χ4v) is 2.29. The van der Waals surface area contributed by atoms with Crippen LogP contribution in [0.3, 0.4) is 0 Å². The first-order valence-electron chi connectivity index (χ1n) is 14.8. The smallest absolute Gasteiger partial charge is 0.255 e. The molecule has 2 aromatic rings. The zero-order valence-electron chi connectivity index (χ0n) is 27.5. The molecule has 1 amide bonds. The predicted octanol–water partition coefficient (Wildman–Crippen LogP) is 12.6. The molecule has 0 spiro atoms. The number of para-hydroxylation sites is 1. The third-order valence-electron chi connectivity index (χ3n) is 5.59. The van der Waals surface area contributed by atoms with E-state index >= 15 is 0 Å². The number of amides is 1. The summed E-state index contributed by atoms with van der Waals surface area (Å²) in [4.78, 5) is 12.0. The summed E-state index contributed by atoms with van der Waals surface area (Å²) in [5.74, 6) is -0.632. The van der Waals surface area contributed by atoms with E-state index in [9.17, 15) is 9.18 Å². The highest BCUT2D eigenvalue weighted by Crippen LogP contribution is 2.22. The lowest BCUT2D eigenvalue weighted by Crippen LogP contribution is -2.12. The Bertz CT molecular complexity index is 1000. The van der Waals surface area contributed by atoms with Gasteiger partial charge in [-0.3, -0.25) is 4.79 Å². The van der Waals surface area contributed by atoms with Crippen molar-refractivity contribution in [2.75, 3.05) is 5.32 Å². The fourth-order valence-electron chi connectivity index (χ4n) is 2.29. The molecule has 0 aliphatic rings. The zero-order valence-corrected chi connectivity index (χ0v) is 27.5. The van der Waals surface area contributed by atoms with Gasteiger partial charge in [-0.15, -0.1) is 0 Å². The summed E-state index contributed by atoms with van der Waals surface area (Å²) in [6, 6.07) is 12.9. The molecular formula is C37H58FNO. The number of allylic oxidation sites excluding steroid dienone is 6. The number of hydrogen-bond acceptors (Lipinski definition) is 1. The molecule has 224 valence electrons. The van der Waals surface area contributed by atoms with Gasteiger partial charge in [0, 0.05) is 16.8 Å². The maximum absolute atomic E-state index is 12.8. The summed E-state index contributed by atoms with van der Waals surface area (Å²) in [5, 5.41) is 2.81. The van der Waals surface area contributed by atoms with Crippen LogP contribution in [0.25, 0.3) is 5.57 Å². The van der Waals surface area contributed by atoms with E-state index in [1.165, 1.54) is 61.1 Å². The second kappa shape index (κ2) is 27.4. The molecule has 0 saturated heterocycles. The molecule has 0 heterocycles. The quantitative estimate of drug-likeness (QED) is 0.325. The number of carbonyl (C=O) groups excluding carboxylic acids is 1. The Morgan fingerprint density at radius 1 is 0.775 bits per heavy atom. The van der Waals surface area contributed by atoms with E-state index in [1.807, 2.05) is 52.0 Å². The first-order valence-corrected chi connectivity index (χ1v) is 14.8. The highest BCUT2D eigenvalue weighted by molar-refractivity contribution is 6.05. The Morgan fingerprint density at radius 3 is 1.65 bits per heavy atom. The van der Waals surface area contributed by atoms with E-state index in [-0.39, 0.29) is 11.7 Å². The molecule has 3 heteroatoms. The van der Waals surface area contributed by atoms with E-state index < -0.39 is 0 Å². The molecule has 0 bridgehead atoms. The maximum Gasteiger partial charge on any atom is 0.255 e. The highest BCUT2D eigenvalue weighted by atomic mass is 19.1. The zero-order chi connectivity index (χ0) is 31.5. The predicted molar refractivity (Wildman–Crippen MR) is 181 cm³/mol. The van der Waals surface area contributed by atoms with Crippen molar-refractivity contribution in [1.29, 1.82) is 0 Å². The van der Waals surface area contributed by atoms with Gasteiger partial charge in [0.25, 0.3) is 5.91 Å². The summed E-state index contributed by atoms with van der Waals surface area (Å²) < 4.78 is 12.8. The van der Waals surface area contributed by atoms with Gasteiger partial charge in [-0.1, -0.05) is 129 Å². The van der Waals surface area contributed by atoms with Crippen LogP contribution in [0.4, 0.5) is 10.1 Å². The van der Waals surface area contributed by atoms with Crippen molar-refractivity contribution in [3.63, 3.8) is 0 Å². The minimum Gasteiger partial charge on any atom is -0.321 e. The van der Waals surface area contributed by atoms with Gasteiger partial charge >= 0.3 is 0 Å². The van der Waals surface area contributed by atoms with Gasteiger partial charge in [0.2, 0.25) is 0 Å². The Hall–Kier alpha value is -3.20. The molecule has 0 saturated carbocycles.